The molecule has 0 aromatic heterocycles. The molecule has 0 fully saturated rings. The first-order valence-corrected chi connectivity index (χ1v) is 17.0. The lowest BCUT2D eigenvalue weighted by molar-refractivity contribution is 1.28. The van der Waals surface area contributed by atoms with Gasteiger partial charge in [-0.15, -0.1) is 0 Å². The van der Waals surface area contributed by atoms with Gasteiger partial charge in [0.05, 0.1) is 19.7 Å². The smallest absolute Gasteiger partial charge is 0.0991 e. The molecule has 0 N–H and O–H groups in total. The standard InChI is InChI=1S/C34H29BrN2Si/c1-38(2,3)34-22-20-33(21-23-34)37(32-18-12-29(13-19-32)27-8-14-30(35)15-9-27)31-16-10-28(11-17-31)26-6-4-25(24-36)5-7-26/h4-23H,1-3H3. The van der Waals surface area contributed by atoms with E-state index >= 15 is 0 Å². The monoisotopic (exact) mass is 572 g/mol. The number of benzene rings is 5. The molecule has 0 heterocycles. The van der Waals surface area contributed by atoms with Crippen molar-refractivity contribution in [3.8, 4) is 28.3 Å². The Bertz CT molecular complexity index is 1560. The second-order valence-electron chi connectivity index (χ2n) is 10.4. The zero-order valence-electron chi connectivity index (χ0n) is 21.8. The quantitative estimate of drug-likeness (QED) is 0.189. The van der Waals surface area contributed by atoms with Gasteiger partial charge in [0.2, 0.25) is 0 Å². The predicted molar refractivity (Wildman–Crippen MR) is 167 cm³/mol. The van der Waals surface area contributed by atoms with Gasteiger partial charge in [-0.05, 0) is 82.9 Å². The van der Waals surface area contributed by atoms with E-state index in [0.717, 1.165) is 32.7 Å². The van der Waals surface area contributed by atoms with Crippen molar-refractivity contribution in [3.05, 3.63) is 131 Å². The average Bonchev–Trinajstić information content (AvgIpc) is 2.94. The Kier molecular flexibility index (Phi) is 7.33. The lowest BCUT2D eigenvalue weighted by Crippen LogP contribution is -2.37. The van der Waals surface area contributed by atoms with Gasteiger partial charge < -0.3 is 4.90 Å². The van der Waals surface area contributed by atoms with Crippen LogP contribution in [0.1, 0.15) is 5.56 Å². The highest BCUT2D eigenvalue weighted by Crippen LogP contribution is 2.36. The minimum atomic E-state index is -1.39. The minimum absolute atomic E-state index is 0.671. The predicted octanol–water partition coefficient (Wildman–Crippen LogP) is 9.67. The van der Waals surface area contributed by atoms with Gasteiger partial charge in [-0.3, -0.25) is 0 Å². The molecule has 0 aliphatic carbocycles. The van der Waals surface area contributed by atoms with Crippen molar-refractivity contribution in [2.45, 2.75) is 19.6 Å². The molecule has 38 heavy (non-hydrogen) atoms. The fourth-order valence-electron chi connectivity index (χ4n) is 4.54. The Morgan fingerprint density at radius 1 is 0.526 bits per heavy atom. The summed E-state index contributed by atoms with van der Waals surface area (Å²) in [5, 5.41) is 10.6. The molecule has 0 bridgehead atoms. The second-order valence-corrected chi connectivity index (χ2v) is 16.4. The highest BCUT2D eigenvalue weighted by Gasteiger charge is 2.18. The van der Waals surface area contributed by atoms with Gasteiger partial charge in [0.1, 0.15) is 0 Å². The van der Waals surface area contributed by atoms with Gasteiger partial charge in [-0.25, -0.2) is 0 Å². The first kappa shape index (κ1) is 25.7. The third-order valence-electron chi connectivity index (χ3n) is 6.77. The zero-order valence-corrected chi connectivity index (χ0v) is 24.4. The van der Waals surface area contributed by atoms with Crippen LogP contribution in [-0.2, 0) is 0 Å². The van der Waals surface area contributed by atoms with Gasteiger partial charge in [0.25, 0.3) is 0 Å². The Morgan fingerprint density at radius 2 is 0.868 bits per heavy atom. The van der Waals surface area contributed by atoms with Gasteiger partial charge in [0.15, 0.2) is 0 Å². The molecule has 4 heteroatoms. The van der Waals surface area contributed by atoms with Crippen molar-refractivity contribution in [2.24, 2.45) is 0 Å². The van der Waals surface area contributed by atoms with Crippen molar-refractivity contribution in [1.29, 1.82) is 5.26 Å². The maximum atomic E-state index is 9.11. The van der Waals surface area contributed by atoms with Gasteiger partial charge in [-0.2, -0.15) is 5.26 Å². The van der Waals surface area contributed by atoms with E-state index in [1.807, 2.05) is 24.3 Å². The van der Waals surface area contributed by atoms with Crippen LogP contribution in [-0.4, -0.2) is 8.07 Å². The van der Waals surface area contributed by atoms with Crippen LogP contribution in [0.15, 0.2) is 126 Å². The minimum Gasteiger partial charge on any atom is -0.311 e. The van der Waals surface area contributed by atoms with Crippen LogP contribution in [0.5, 0.6) is 0 Å². The number of rotatable bonds is 6. The maximum Gasteiger partial charge on any atom is 0.0991 e. The van der Waals surface area contributed by atoms with Crippen LogP contribution in [0, 0.1) is 11.3 Å². The van der Waals surface area contributed by atoms with E-state index in [-0.39, 0.29) is 0 Å². The summed E-state index contributed by atoms with van der Waals surface area (Å²) in [7, 11) is -1.39. The van der Waals surface area contributed by atoms with Crippen molar-refractivity contribution in [2.75, 3.05) is 4.90 Å². The number of anilines is 3. The highest BCUT2D eigenvalue weighted by molar-refractivity contribution is 9.10. The van der Waals surface area contributed by atoms with E-state index in [9.17, 15) is 0 Å². The summed E-state index contributed by atoms with van der Waals surface area (Å²) in [6.07, 6.45) is 0. The first-order chi connectivity index (χ1) is 18.3. The van der Waals surface area contributed by atoms with Crippen molar-refractivity contribution >= 4 is 46.3 Å². The summed E-state index contributed by atoms with van der Waals surface area (Å²) in [6, 6.07) is 44.8. The van der Waals surface area contributed by atoms with Gasteiger partial charge in [-0.1, -0.05) is 101 Å². The average molecular weight is 574 g/mol. The van der Waals surface area contributed by atoms with E-state index in [4.69, 9.17) is 5.26 Å². The summed E-state index contributed by atoms with van der Waals surface area (Å²) >= 11 is 3.53. The van der Waals surface area contributed by atoms with E-state index < -0.39 is 8.07 Å². The SMILES string of the molecule is C[Si](C)(C)c1ccc(N(c2ccc(-c3ccc(Br)cc3)cc2)c2ccc(-c3ccc(C#N)cc3)cc2)cc1. The van der Waals surface area contributed by atoms with E-state index in [1.165, 1.54) is 16.3 Å². The number of hydrogen-bond acceptors (Lipinski definition) is 2. The first-order valence-electron chi connectivity index (χ1n) is 12.7. The Morgan fingerprint density at radius 3 is 1.24 bits per heavy atom. The highest BCUT2D eigenvalue weighted by atomic mass is 79.9. The van der Waals surface area contributed by atoms with Crippen molar-refractivity contribution in [1.82, 2.24) is 0 Å². The molecular weight excluding hydrogens is 544 g/mol. The molecular formula is C34H29BrN2Si. The molecule has 2 nitrogen and oxygen atoms in total. The molecule has 0 radical (unpaired) electrons. The van der Waals surface area contributed by atoms with Crippen molar-refractivity contribution in [3.63, 3.8) is 0 Å². The summed E-state index contributed by atoms with van der Waals surface area (Å²) in [5.74, 6) is 0. The van der Waals surface area contributed by atoms with Crippen LogP contribution in [0.25, 0.3) is 22.3 Å². The van der Waals surface area contributed by atoms with Crippen LogP contribution in [0.2, 0.25) is 19.6 Å². The van der Waals surface area contributed by atoms with Crippen LogP contribution < -0.4 is 10.1 Å². The molecule has 0 aliphatic rings. The summed E-state index contributed by atoms with van der Waals surface area (Å²) in [6.45, 7) is 7.13. The zero-order chi connectivity index (χ0) is 26.7. The maximum absolute atomic E-state index is 9.11. The molecule has 0 amide bonds. The van der Waals surface area contributed by atoms with Gasteiger partial charge in [0, 0.05) is 21.5 Å². The summed E-state index contributed by atoms with van der Waals surface area (Å²) in [5.41, 5.74) is 8.61. The third-order valence-corrected chi connectivity index (χ3v) is 9.36. The number of hydrogen-bond donors (Lipinski definition) is 0. The molecule has 5 aromatic rings. The fraction of sp³-hybridized carbons (Fsp3) is 0.0882. The molecule has 0 saturated carbocycles. The number of nitrogens with zero attached hydrogens (tertiary/aromatic N) is 2. The summed E-state index contributed by atoms with van der Waals surface area (Å²) in [4.78, 5) is 2.31. The molecule has 186 valence electrons. The lowest BCUT2D eigenvalue weighted by Gasteiger charge is -2.27. The normalized spacial score (nSPS) is 11.1. The van der Waals surface area contributed by atoms with Crippen molar-refractivity contribution < 1.29 is 0 Å². The van der Waals surface area contributed by atoms with Crippen LogP contribution in [0.3, 0.4) is 0 Å². The Labute approximate surface area is 235 Å². The van der Waals surface area contributed by atoms with Crippen LogP contribution >= 0.6 is 15.9 Å². The van der Waals surface area contributed by atoms with Gasteiger partial charge >= 0.3 is 0 Å². The fourth-order valence-corrected chi connectivity index (χ4v) is 5.97. The van der Waals surface area contributed by atoms with E-state index in [0.29, 0.717) is 5.56 Å². The molecule has 0 unspecified atom stereocenters. The molecule has 0 spiro atoms. The second kappa shape index (κ2) is 10.8. The molecule has 5 rings (SSSR count). The summed E-state index contributed by atoms with van der Waals surface area (Å²) < 4.78 is 1.08. The molecule has 0 atom stereocenters. The largest absolute Gasteiger partial charge is 0.311 e. The third kappa shape index (κ3) is 5.65. The molecule has 0 aliphatic heterocycles. The lowest BCUT2D eigenvalue weighted by atomic mass is 10.0. The Hall–Kier alpha value is -3.91. The number of halogens is 1. The molecule has 0 saturated heterocycles. The molecule has 5 aromatic carbocycles. The van der Waals surface area contributed by atoms with E-state index in [1.54, 1.807) is 0 Å². The Balaban J connectivity index is 1.52. The van der Waals surface area contributed by atoms with Crippen LogP contribution in [0.4, 0.5) is 17.1 Å². The topological polar surface area (TPSA) is 27.0 Å². The van der Waals surface area contributed by atoms with E-state index in [2.05, 4.69) is 144 Å². The number of nitriles is 1.